The minimum atomic E-state index is -0.977. The fourth-order valence-corrected chi connectivity index (χ4v) is 4.28. The summed E-state index contributed by atoms with van der Waals surface area (Å²) in [5, 5.41) is 10.9. The van der Waals surface area contributed by atoms with Crippen molar-refractivity contribution >= 4 is 22.8 Å². The fraction of sp³-hybridized carbons (Fsp3) is 0.304. The normalized spacial score (nSPS) is 19.1. The number of benzene rings is 2. The number of hydrogen-bond donors (Lipinski definition) is 2. The number of rotatable bonds is 3. The van der Waals surface area contributed by atoms with Crippen molar-refractivity contribution < 1.29 is 14.7 Å². The van der Waals surface area contributed by atoms with Crippen molar-refractivity contribution in [3.63, 3.8) is 0 Å². The standard InChI is InChI=1S/C23H24N2O3/c1-13(2)15-8-10-16(11-9-15)22-21-18(17-6-4-5-7-19(17)24-21)12-20(23(27)28)25(22)14(3)26/h4-11,13,20,22,24H,12H2,1-3H3,(H,27,28)/t20-,22-/m0/s1. The number of nitrogens with one attached hydrogen (secondary N) is 1. The van der Waals surface area contributed by atoms with Crippen molar-refractivity contribution in [2.45, 2.75) is 45.2 Å². The lowest BCUT2D eigenvalue weighted by atomic mass is 9.87. The van der Waals surface area contributed by atoms with Crippen molar-refractivity contribution in [2.75, 3.05) is 0 Å². The summed E-state index contributed by atoms with van der Waals surface area (Å²) in [6, 6.07) is 14.7. The van der Waals surface area contributed by atoms with E-state index < -0.39 is 18.1 Å². The molecule has 2 aromatic carbocycles. The van der Waals surface area contributed by atoms with Crippen LogP contribution in [0.25, 0.3) is 10.9 Å². The highest BCUT2D eigenvalue weighted by Gasteiger charge is 2.42. The molecule has 1 aliphatic heterocycles. The molecule has 0 fully saturated rings. The van der Waals surface area contributed by atoms with Gasteiger partial charge in [-0.3, -0.25) is 4.79 Å². The monoisotopic (exact) mass is 376 g/mol. The molecular weight excluding hydrogens is 352 g/mol. The van der Waals surface area contributed by atoms with Gasteiger partial charge < -0.3 is 15.0 Å². The third-order valence-corrected chi connectivity index (χ3v) is 5.70. The SMILES string of the molecule is CC(=O)N1[C@@H](c2ccc(C(C)C)cc2)c2[nH]c3ccccc3c2C[C@H]1C(=O)O. The summed E-state index contributed by atoms with van der Waals surface area (Å²) in [6.45, 7) is 5.71. The van der Waals surface area contributed by atoms with Crippen LogP contribution in [0.2, 0.25) is 0 Å². The van der Waals surface area contributed by atoms with Crippen LogP contribution in [0, 0.1) is 0 Å². The number of carbonyl (C=O) groups excluding carboxylic acids is 1. The average Bonchev–Trinajstić information content (AvgIpc) is 3.04. The number of hydrogen-bond acceptors (Lipinski definition) is 2. The summed E-state index contributed by atoms with van der Waals surface area (Å²) >= 11 is 0. The van der Waals surface area contributed by atoms with Crippen molar-refractivity contribution in [3.8, 4) is 0 Å². The molecule has 1 amide bonds. The molecule has 3 aromatic rings. The molecule has 0 saturated carbocycles. The first-order valence-corrected chi connectivity index (χ1v) is 9.59. The highest BCUT2D eigenvalue weighted by atomic mass is 16.4. The first kappa shape index (κ1) is 18.3. The third kappa shape index (κ3) is 2.87. The van der Waals surface area contributed by atoms with Gasteiger partial charge in [0, 0.05) is 29.9 Å². The first-order chi connectivity index (χ1) is 13.4. The largest absolute Gasteiger partial charge is 0.480 e. The Morgan fingerprint density at radius 3 is 2.39 bits per heavy atom. The van der Waals surface area contributed by atoms with Gasteiger partial charge in [-0.05, 0) is 28.7 Å². The minimum absolute atomic E-state index is 0.241. The number of carboxylic acid groups (broad SMARTS) is 1. The maximum Gasteiger partial charge on any atom is 0.326 e. The van der Waals surface area contributed by atoms with Crippen LogP contribution >= 0.6 is 0 Å². The number of aliphatic carboxylic acids is 1. The van der Waals surface area contributed by atoms with Gasteiger partial charge in [0.15, 0.2) is 0 Å². The van der Waals surface area contributed by atoms with Crippen LogP contribution in [0.5, 0.6) is 0 Å². The lowest BCUT2D eigenvalue weighted by Gasteiger charge is -2.40. The van der Waals surface area contributed by atoms with Gasteiger partial charge in [-0.1, -0.05) is 56.3 Å². The molecule has 1 aliphatic rings. The van der Waals surface area contributed by atoms with Crippen molar-refractivity contribution in [1.82, 2.24) is 9.88 Å². The molecule has 1 aromatic heterocycles. The summed E-state index contributed by atoms with van der Waals surface area (Å²) in [4.78, 5) is 29.6. The number of carboxylic acids is 1. The molecule has 5 heteroatoms. The number of nitrogens with zero attached hydrogens (tertiary/aromatic N) is 1. The van der Waals surface area contributed by atoms with Crippen LogP contribution in [0.3, 0.4) is 0 Å². The predicted octanol–water partition coefficient (Wildman–Crippen LogP) is 4.24. The molecule has 4 rings (SSSR count). The van der Waals surface area contributed by atoms with Gasteiger partial charge in [0.25, 0.3) is 0 Å². The summed E-state index contributed by atoms with van der Waals surface area (Å²) in [7, 11) is 0. The highest BCUT2D eigenvalue weighted by Crippen LogP contribution is 2.41. The zero-order valence-corrected chi connectivity index (χ0v) is 16.3. The first-order valence-electron chi connectivity index (χ1n) is 9.59. The summed E-state index contributed by atoms with van der Waals surface area (Å²) in [5.41, 5.74) is 4.98. The highest BCUT2D eigenvalue weighted by molar-refractivity contribution is 5.90. The molecule has 144 valence electrons. The number of fused-ring (bicyclic) bond motifs is 3. The number of aromatic nitrogens is 1. The maximum atomic E-state index is 12.5. The second-order valence-electron chi connectivity index (χ2n) is 7.77. The Bertz CT molecular complexity index is 1050. The van der Waals surface area contributed by atoms with E-state index in [0.29, 0.717) is 12.3 Å². The Balaban J connectivity index is 1.94. The quantitative estimate of drug-likeness (QED) is 0.718. The molecule has 0 radical (unpaired) electrons. The van der Waals surface area contributed by atoms with Gasteiger partial charge in [-0.2, -0.15) is 0 Å². The van der Waals surface area contributed by atoms with Crippen LogP contribution < -0.4 is 0 Å². The predicted molar refractivity (Wildman–Crippen MR) is 108 cm³/mol. The number of H-pyrrole nitrogens is 1. The van der Waals surface area contributed by atoms with E-state index in [4.69, 9.17) is 0 Å². The van der Waals surface area contributed by atoms with E-state index >= 15 is 0 Å². The second-order valence-corrected chi connectivity index (χ2v) is 7.77. The number of aromatic amines is 1. The molecule has 0 aliphatic carbocycles. The van der Waals surface area contributed by atoms with E-state index in [1.54, 1.807) is 0 Å². The van der Waals surface area contributed by atoms with Crippen LogP contribution in [-0.4, -0.2) is 32.9 Å². The van der Waals surface area contributed by atoms with Crippen LogP contribution in [-0.2, 0) is 16.0 Å². The van der Waals surface area contributed by atoms with Gasteiger partial charge in [0.1, 0.15) is 6.04 Å². The number of para-hydroxylation sites is 1. The van der Waals surface area contributed by atoms with Crippen LogP contribution in [0.1, 0.15) is 55.1 Å². The molecule has 0 bridgehead atoms. The van der Waals surface area contributed by atoms with E-state index in [-0.39, 0.29) is 5.91 Å². The Morgan fingerprint density at radius 1 is 1.11 bits per heavy atom. The molecule has 5 nitrogen and oxygen atoms in total. The van der Waals surface area contributed by atoms with Crippen LogP contribution in [0.15, 0.2) is 48.5 Å². The lowest BCUT2D eigenvalue weighted by molar-refractivity contribution is -0.151. The molecule has 0 saturated heterocycles. The molecule has 0 unspecified atom stereocenters. The minimum Gasteiger partial charge on any atom is -0.480 e. The zero-order chi connectivity index (χ0) is 20.0. The Morgan fingerprint density at radius 2 is 1.79 bits per heavy atom. The molecule has 28 heavy (non-hydrogen) atoms. The maximum absolute atomic E-state index is 12.5. The molecule has 2 heterocycles. The topological polar surface area (TPSA) is 73.4 Å². The number of carbonyl (C=O) groups is 2. The summed E-state index contributed by atoms with van der Waals surface area (Å²) in [6.07, 6.45) is 0.300. The van der Waals surface area contributed by atoms with Gasteiger partial charge in [-0.25, -0.2) is 4.79 Å². The van der Waals surface area contributed by atoms with E-state index in [9.17, 15) is 14.7 Å². The van der Waals surface area contributed by atoms with E-state index in [1.807, 2.05) is 36.4 Å². The smallest absolute Gasteiger partial charge is 0.326 e. The Hall–Kier alpha value is -3.08. The molecule has 2 N–H and O–H groups in total. The van der Waals surface area contributed by atoms with E-state index in [1.165, 1.54) is 17.4 Å². The molecule has 0 spiro atoms. The third-order valence-electron chi connectivity index (χ3n) is 5.70. The van der Waals surface area contributed by atoms with Gasteiger partial charge in [-0.15, -0.1) is 0 Å². The van der Waals surface area contributed by atoms with E-state index in [2.05, 4.69) is 31.0 Å². The van der Waals surface area contributed by atoms with Gasteiger partial charge in [0.05, 0.1) is 6.04 Å². The zero-order valence-electron chi connectivity index (χ0n) is 16.3. The van der Waals surface area contributed by atoms with Crippen molar-refractivity contribution in [1.29, 1.82) is 0 Å². The Labute approximate surface area is 164 Å². The number of amides is 1. The summed E-state index contributed by atoms with van der Waals surface area (Å²) in [5.74, 6) is -0.815. The van der Waals surface area contributed by atoms with Crippen molar-refractivity contribution in [3.05, 3.63) is 70.9 Å². The molecule has 2 atom stereocenters. The van der Waals surface area contributed by atoms with Crippen LogP contribution in [0.4, 0.5) is 0 Å². The summed E-state index contributed by atoms with van der Waals surface area (Å²) < 4.78 is 0. The average molecular weight is 376 g/mol. The fourth-order valence-electron chi connectivity index (χ4n) is 4.28. The second kappa shape index (κ2) is 6.82. The Kier molecular flexibility index (Phi) is 4.46. The molecular formula is C23H24N2O3. The van der Waals surface area contributed by atoms with Crippen molar-refractivity contribution in [2.24, 2.45) is 0 Å². The lowest BCUT2D eigenvalue weighted by Crippen LogP contribution is -2.50. The van der Waals surface area contributed by atoms with Gasteiger partial charge in [0.2, 0.25) is 5.91 Å². The van der Waals surface area contributed by atoms with E-state index in [0.717, 1.165) is 27.7 Å². The van der Waals surface area contributed by atoms with Gasteiger partial charge >= 0.3 is 5.97 Å².